The summed E-state index contributed by atoms with van der Waals surface area (Å²) in [5.41, 5.74) is 8.39. The van der Waals surface area contributed by atoms with E-state index in [4.69, 9.17) is 19.6 Å². The Morgan fingerprint density at radius 1 is 0.606 bits per heavy atom. The van der Waals surface area contributed by atoms with E-state index >= 15 is 0 Å². The van der Waals surface area contributed by atoms with E-state index in [2.05, 4.69) is 84.0 Å². The van der Waals surface area contributed by atoms with Gasteiger partial charge in [-0.1, -0.05) is 193 Å². The standard InChI is InChI=1S/C61H66N3O.Pt/c1-38(2)46-23-18-19-24-47(46)40-29-30-62-52(34-40)42-31-41(32-44(33-42)59(6,7)8)48-25-20-26-54-55(48)63-57(50-36-45(60(9,10)11)37-51(56(50)65)61(12,13)14)64(54)53-28-27-43(58(3,4)5)35-49(53)39-21-16-15-17-22-39;/h15-30,32-38,65H,1-14H3;/q-1;/i1D3,2D3,36D,37D,38D;. The zero-order valence-corrected chi connectivity index (χ0v) is 42.4. The third-order valence-electron chi connectivity index (χ3n) is 12.1. The molecule has 0 fully saturated rings. The third-order valence-corrected chi connectivity index (χ3v) is 12.1. The van der Waals surface area contributed by atoms with Crippen molar-refractivity contribution >= 4 is 11.0 Å². The number of hydrogen-bond acceptors (Lipinski definition) is 3. The van der Waals surface area contributed by atoms with E-state index in [1.54, 1.807) is 36.5 Å². The van der Waals surface area contributed by atoms with Crippen molar-refractivity contribution in [3.63, 3.8) is 0 Å². The fourth-order valence-electron chi connectivity index (χ4n) is 8.36. The van der Waals surface area contributed by atoms with E-state index in [1.165, 1.54) is 6.07 Å². The summed E-state index contributed by atoms with van der Waals surface area (Å²) in [6, 6.07) is 40.2. The summed E-state index contributed by atoms with van der Waals surface area (Å²) in [6.07, 6.45) is 1.59. The molecule has 4 nitrogen and oxygen atoms in total. The fraction of sp³-hybridized carbons (Fsp3) is 0.311. The monoisotopic (exact) mass is 1060 g/mol. The molecule has 0 aliphatic carbocycles. The number of aromatic nitrogens is 3. The molecule has 0 aliphatic heterocycles. The van der Waals surface area contributed by atoms with Crippen molar-refractivity contribution in [3.8, 4) is 67.5 Å². The van der Waals surface area contributed by atoms with Crippen LogP contribution in [0.2, 0.25) is 0 Å². The van der Waals surface area contributed by atoms with Crippen LogP contribution in [0, 0.1) is 6.07 Å². The van der Waals surface area contributed by atoms with Crippen molar-refractivity contribution in [3.05, 3.63) is 167 Å². The maximum atomic E-state index is 12.7. The summed E-state index contributed by atoms with van der Waals surface area (Å²) < 4.78 is 80.4. The van der Waals surface area contributed by atoms with Crippen molar-refractivity contribution in [2.45, 2.75) is 124 Å². The molecule has 66 heavy (non-hydrogen) atoms. The number of pyridine rings is 1. The van der Waals surface area contributed by atoms with Gasteiger partial charge in [0.1, 0.15) is 11.6 Å². The van der Waals surface area contributed by atoms with Gasteiger partial charge in [0.25, 0.3) is 0 Å². The second kappa shape index (κ2) is 17.9. The molecule has 0 saturated carbocycles. The minimum Gasteiger partial charge on any atom is -0.507 e. The Kier molecular flexibility index (Phi) is 10.2. The molecule has 0 bridgehead atoms. The first-order chi connectivity index (χ1) is 34.2. The van der Waals surface area contributed by atoms with Crippen LogP contribution in [-0.2, 0) is 42.7 Å². The number of rotatable bonds is 7. The van der Waals surface area contributed by atoms with Gasteiger partial charge < -0.3 is 5.11 Å². The van der Waals surface area contributed by atoms with Gasteiger partial charge in [0, 0.05) is 53.7 Å². The summed E-state index contributed by atoms with van der Waals surface area (Å²) >= 11 is 0. The zero-order chi connectivity index (χ0) is 54.5. The molecule has 8 rings (SSSR count). The number of nitrogens with zero attached hydrogens (tertiary/aromatic N) is 3. The Labute approximate surface area is 421 Å². The summed E-state index contributed by atoms with van der Waals surface area (Å²) in [6.45, 7) is 18.4. The van der Waals surface area contributed by atoms with Gasteiger partial charge in [-0.3, -0.25) is 9.55 Å². The summed E-state index contributed by atoms with van der Waals surface area (Å²) in [5.74, 6) is -2.75. The molecule has 0 unspecified atom stereocenters. The molecule has 0 saturated heterocycles. The largest absolute Gasteiger partial charge is 0.507 e. The molecule has 0 amide bonds. The fourth-order valence-corrected chi connectivity index (χ4v) is 8.36. The van der Waals surface area contributed by atoms with Crippen LogP contribution in [0.4, 0.5) is 0 Å². The van der Waals surface area contributed by atoms with Gasteiger partial charge in [0.15, 0.2) is 0 Å². The van der Waals surface area contributed by atoms with Gasteiger partial charge in [-0.15, -0.1) is 29.3 Å². The predicted molar refractivity (Wildman–Crippen MR) is 275 cm³/mol. The minimum atomic E-state index is -3.18. The average molecular weight is 1060 g/mol. The van der Waals surface area contributed by atoms with Crippen LogP contribution < -0.4 is 0 Å². The Morgan fingerprint density at radius 3 is 1.92 bits per heavy atom. The second-order valence-electron chi connectivity index (χ2n) is 21.3. The van der Waals surface area contributed by atoms with Gasteiger partial charge >= 0.3 is 0 Å². The Bertz CT molecular complexity index is 3400. The number of hydrogen-bond donors (Lipinski definition) is 1. The molecule has 0 spiro atoms. The quantitative estimate of drug-likeness (QED) is 0.162. The first kappa shape index (κ1) is 37.5. The van der Waals surface area contributed by atoms with Crippen LogP contribution in [0.5, 0.6) is 5.75 Å². The summed E-state index contributed by atoms with van der Waals surface area (Å²) in [7, 11) is 0. The maximum Gasteiger partial charge on any atom is 0.148 e. The molecule has 5 heteroatoms. The number of phenols is 1. The molecule has 1 N–H and O–H groups in total. The summed E-state index contributed by atoms with van der Waals surface area (Å²) in [4.78, 5) is 10.3. The average Bonchev–Trinajstić information content (AvgIpc) is 3.68. The number of fused-ring (bicyclic) bond motifs is 1. The predicted octanol–water partition coefficient (Wildman–Crippen LogP) is 16.6. The van der Waals surface area contributed by atoms with Crippen LogP contribution in [0.15, 0.2) is 134 Å². The van der Waals surface area contributed by atoms with Crippen LogP contribution in [0.1, 0.15) is 143 Å². The summed E-state index contributed by atoms with van der Waals surface area (Å²) in [5, 5.41) is 12.7. The first-order valence-electron chi connectivity index (χ1n) is 26.9. The topological polar surface area (TPSA) is 50.9 Å². The Hall–Kier alpha value is -5.57. The molecule has 2 aromatic heterocycles. The number of aromatic hydroxyl groups is 1. The van der Waals surface area contributed by atoms with Gasteiger partial charge in [-0.25, -0.2) is 4.98 Å². The van der Waals surface area contributed by atoms with E-state index in [0.29, 0.717) is 61.5 Å². The Balaban J connectivity index is 0.00000820. The number of para-hydroxylation sites is 1. The zero-order valence-electron chi connectivity index (χ0n) is 49.2. The van der Waals surface area contributed by atoms with Crippen LogP contribution in [0.25, 0.3) is 72.7 Å². The molecule has 8 aromatic rings. The minimum absolute atomic E-state index is 0. The molecular weight excluding hydrogens is 986 g/mol. The third kappa shape index (κ3) is 9.50. The molecule has 0 aliphatic rings. The molecule has 6 aromatic carbocycles. The van der Waals surface area contributed by atoms with Crippen LogP contribution in [0.3, 0.4) is 0 Å². The SMILES string of the molecule is [2H]c1c(-c2nc3c(-c4[c-]c(-c5cc(-c6ccccc6C([2H])(C([2H])([2H])[2H])C([2H])([2H])[2H])ccn5)cc(C(C)(C)C)c4)cccc3n2-c2ccc(C(C)(C)C)cc2-c2ccccc2)c(O)c(C(C)(C)C)c([2H])c1C(C)(C)C.[Pt]. The van der Waals surface area contributed by atoms with Crippen molar-refractivity contribution < 1.29 is 38.5 Å². The normalized spacial score (nSPS) is 15.0. The van der Waals surface area contributed by atoms with E-state index < -0.39 is 30.4 Å². The van der Waals surface area contributed by atoms with Crippen molar-refractivity contribution in [1.29, 1.82) is 0 Å². The van der Waals surface area contributed by atoms with Gasteiger partial charge in [-0.2, -0.15) is 0 Å². The van der Waals surface area contributed by atoms with E-state index in [-0.39, 0.29) is 60.9 Å². The molecule has 342 valence electrons. The molecule has 2 heterocycles. The molecular formula is C61H66N3OPt-. The number of imidazole rings is 1. The number of benzene rings is 6. The molecule has 0 radical (unpaired) electrons. The second-order valence-corrected chi connectivity index (χ2v) is 21.3. The van der Waals surface area contributed by atoms with Gasteiger partial charge in [0.05, 0.1) is 25.0 Å². The van der Waals surface area contributed by atoms with Gasteiger partial charge in [0.2, 0.25) is 0 Å². The van der Waals surface area contributed by atoms with Crippen molar-refractivity contribution in [1.82, 2.24) is 14.5 Å². The van der Waals surface area contributed by atoms with Crippen molar-refractivity contribution in [2.24, 2.45) is 0 Å². The first-order valence-corrected chi connectivity index (χ1v) is 22.4. The van der Waals surface area contributed by atoms with E-state index in [1.807, 2.05) is 88.6 Å². The number of phenolic OH excluding ortho intramolecular Hbond substituents is 1. The van der Waals surface area contributed by atoms with Crippen molar-refractivity contribution in [2.75, 3.05) is 0 Å². The maximum absolute atomic E-state index is 12.7. The van der Waals surface area contributed by atoms with Crippen LogP contribution in [-0.4, -0.2) is 19.6 Å². The smallest absolute Gasteiger partial charge is 0.148 e. The van der Waals surface area contributed by atoms with Crippen LogP contribution >= 0.6 is 0 Å². The van der Waals surface area contributed by atoms with E-state index in [0.717, 1.165) is 27.9 Å². The van der Waals surface area contributed by atoms with Gasteiger partial charge in [-0.05, 0) is 91.2 Å². The Morgan fingerprint density at radius 2 is 1.26 bits per heavy atom. The molecule has 0 atom stereocenters. The van der Waals surface area contributed by atoms with E-state index in [9.17, 15) is 7.85 Å².